The van der Waals surface area contributed by atoms with Crippen molar-refractivity contribution in [3.63, 3.8) is 0 Å². The van der Waals surface area contributed by atoms with Gasteiger partial charge in [-0.15, -0.1) is 0 Å². The molecule has 20 heavy (non-hydrogen) atoms. The number of hydrogen-bond donors (Lipinski definition) is 2. The normalized spacial score (nSPS) is 14.9. The van der Waals surface area contributed by atoms with Gasteiger partial charge in [0.25, 0.3) is 0 Å². The van der Waals surface area contributed by atoms with Crippen molar-refractivity contribution in [2.45, 2.75) is 38.5 Å². The smallest absolute Gasteiger partial charge is 0.416 e. The summed E-state index contributed by atoms with van der Waals surface area (Å²) in [5.41, 5.74) is -0.365. The Morgan fingerprint density at radius 3 is 2.45 bits per heavy atom. The Kier molecular flexibility index (Phi) is 5.83. The lowest BCUT2D eigenvalue weighted by Gasteiger charge is -2.20. The van der Waals surface area contributed by atoms with Crippen molar-refractivity contribution in [2.24, 2.45) is 0 Å². The van der Waals surface area contributed by atoms with E-state index in [1.165, 1.54) is 6.07 Å². The number of ether oxygens (including phenoxy) is 1. The van der Waals surface area contributed by atoms with Crippen molar-refractivity contribution in [3.8, 4) is 5.75 Å². The van der Waals surface area contributed by atoms with Gasteiger partial charge in [-0.05, 0) is 43.0 Å². The molecule has 0 aliphatic heterocycles. The average Bonchev–Trinajstić information content (AvgIpc) is 2.37. The zero-order valence-corrected chi connectivity index (χ0v) is 11.4. The molecule has 0 spiro atoms. The predicted molar refractivity (Wildman–Crippen MR) is 68.7 cm³/mol. The standard InChI is InChI=1S/C14H19F3O3/c1-3-20-13-5-4-10(14(15,16)17)7-12(13)9(2)6-11(19)8-18/h4-5,7,9,11,18-19H,3,6,8H2,1-2H3. The summed E-state index contributed by atoms with van der Waals surface area (Å²) in [5.74, 6) is 0.0131. The third-order valence-corrected chi connectivity index (χ3v) is 3.00. The molecule has 2 N–H and O–H groups in total. The molecule has 2 unspecified atom stereocenters. The van der Waals surface area contributed by atoms with Crippen LogP contribution in [-0.2, 0) is 6.18 Å². The first-order valence-electron chi connectivity index (χ1n) is 6.42. The maximum absolute atomic E-state index is 12.7. The molecule has 3 nitrogen and oxygen atoms in total. The molecule has 0 amide bonds. The predicted octanol–water partition coefficient (Wildman–Crippen LogP) is 2.95. The van der Waals surface area contributed by atoms with Crippen LogP contribution in [0.3, 0.4) is 0 Å². The molecule has 0 radical (unpaired) electrons. The Bertz CT molecular complexity index is 432. The van der Waals surface area contributed by atoms with Crippen molar-refractivity contribution in [2.75, 3.05) is 13.2 Å². The molecule has 2 atom stereocenters. The van der Waals surface area contributed by atoms with E-state index < -0.39 is 24.5 Å². The number of rotatable bonds is 6. The van der Waals surface area contributed by atoms with Gasteiger partial charge >= 0.3 is 6.18 Å². The minimum atomic E-state index is -4.42. The zero-order chi connectivity index (χ0) is 15.3. The second-order valence-electron chi connectivity index (χ2n) is 4.66. The summed E-state index contributed by atoms with van der Waals surface area (Å²) in [6, 6.07) is 3.31. The van der Waals surface area contributed by atoms with E-state index in [1.807, 2.05) is 0 Å². The molecule has 1 aromatic rings. The van der Waals surface area contributed by atoms with Gasteiger partial charge in [0.05, 0.1) is 24.9 Å². The van der Waals surface area contributed by atoms with E-state index in [0.29, 0.717) is 17.9 Å². The van der Waals surface area contributed by atoms with Crippen LogP contribution in [0, 0.1) is 0 Å². The highest BCUT2D eigenvalue weighted by atomic mass is 19.4. The van der Waals surface area contributed by atoms with E-state index in [9.17, 15) is 18.3 Å². The first-order chi connectivity index (χ1) is 9.29. The number of hydrogen-bond acceptors (Lipinski definition) is 3. The molecular weight excluding hydrogens is 273 g/mol. The first-order valence-corrected chi connectivity index (χ1v) is 6.42. The van der Waals surface area contributed by atoms with E-state index in [2.05, 4.69) is 0 Å². The molecule has 1 aromatic carbocycles. The van der Waals surface area contributed by atoms with Crippen LogP contribution in [0.4, 0.5) is 13.2 Å². The van der Waals surface area contributed by atoms with Gasteiger partial charge in [0.2, 0.25) is 0 Å². The third-order valence-electron chi connectivity index (χ3n) is 3.00. The second kappa shape index (κ2) is 6.95. The SMILES string of the molecule is CCOc1ccc(C(F)(F)F)cc1C(C)CC(O)CO. The van der Waals surface area contributed by atoms with Gasteiger partial charge < -0.3 is 14.9 Å². The Labute approximate surface area is 116 Å². The van der Waals surface area contributed by atoms with Gasteiger partial charge in [0, 0.05) is 0 Å². The number of alkyl halides is 3. The summed E-state index contributed by atoms with van der Waals surface area (Å²) in [5, 5.41) is 18.3. The van der Waals surface area contributed by atoms with Gasteiger partial charge in [-0.2, -0.15) is 13.2 Å². The fourth-order valence-corrected chi connectivity index (χ4v) is 2.01. The molecule has 0 heterocycles. The highest BCUT2D eigenvalue weighted by molar-refractivity contribution is 5.40. The van der Waals surface area contributed by atoms with Gasteiger partial charge in [-0.3, -0.25) is 0 Å². The summed E-state index contributed by atoms with van der Waals surface area (Å²) >= 11 is 0. The Hall–Kier alpha value is -1.27. The van der Waals surface area contributed by atoms with E-state index >= 15 is 0 Å². The van der Waals surface area contributed by atoms with Crippen LogP contribution < -0.4 is 4.74 Å². The lowest BCUT2D eigenvalue weighted by atomic mass is 9.92. The molecule has 0 saturated heterocycles. The molecule has 1 rings (SSSR count). The lowest BCUT2D eigenvalue weighted by molar-refractivity contribution is -0.137. The van der Waals surface area contributed by atoms with E-state index in [-0.39, 0.29) is 12.3 Å². The van der Waals surface area contributed by atoms with Crippen LogP contribution in [0.25, 0.3) is 0 Å². The van der Waals surface area contributed by atoms with Crippen molar-refractivity contribution >= 4 is 0 Å². The Balaban J connectivity index is 3.11. The average molecular weight is 292 g/mol. The highest BCUT2D eigenvalue weighted by Crippen LogP contribution is 2.36. The molecule has 114 valence electrons. The molecule has 0 aliphatic rings. The van der Waals surface area contributed by atoms with Gasteiger partial charge in [-0.25, -0.2) is 0 Å². The van der Waals surface area contributed by atoms with Crippen LogP contribution in [0.1, 0.15) is 37.3 Å². The first kappa shape index (κ1) is 16.8. The van der Waals surface area contributed by atoms with E-state index in [4.69, 9.17) is 9.84 Å². The van der Waals surface area contributed by atoms with Gasteiger partial charge in [0.15, 0.2) is 0 Å². The van der Waals surface area contributed by atoms with Crippen molar-refractivity contribution < 1.29 is 28.1 Å². The Morgan fingerprint density at radius 1 is 1.30 bits per heavy atom. The van der Waals surface area contributed by atoms with Crippen LogP contribution in [0.15, 0.2) is 18.2 Å². The number of halogens is 3. The molecule has 0 bridgehead atoms. The maximum Gasteiger partial charge on any atom is 0.416 e. The Morgan fingerprint density at radius 2 is 1.95 bits per heavy atom. The van der Waals surface area contributed by atoms with E-state index in [1.54, 1.807) is 13.8 Å². The van der Waals surface area contributed by atoms with Crippen LogP contribution >= 0.6 is 0 Å². The second-order valence-corrected chi connectivity index (χ2v) is 4.66. The fraction of sp³-hybridized carbons (Fsp3) is 0.571. The molecule has 0 aliphatic carbocycles. The lowest BCUT2D eigenvalue weighted by Crippen LogP contribution is -2.16. The van der Waals surface area contributed by atoms with Crippen molar-refractivity contribution in [3.05, 3.63) is 29.3 Å². The molecule has 0 aromatic heterocycles. The summed E-state index contributed by atoms with van der Waals surface area (Å²) in [7, 11) is 0. The number of benzene rings is 1. The minimum absolute atomic E-state index is 0.165. The summed E-state index contributed by atoms with van der Waals surface area (Å²) in [6.45, 7) is 3.35. The molecular formula is C14H19F3O3. The topological polar surface area (TPSA) is 49.7 Å². The molecule has 0 saturated carbocycles. The highest BCUT2D eigenvalue weighted by Gasteiger charge is 2.31. The summed E-state index contributed by atoms with van der Waals surface area (Å²) in [4.78, 5) is 0. The van der Waals surface area contributed by atoms with Crippen molar-refractivity contribution in [1.82, 2.24) is 0 Å². The van der Waals surface area contributed by atoms with Gasteiger partial charge in [-0.1, -0.05) is 6.92 Å². The number of aliphatic hydroxyl groups is 2. The van der Waals surface area contributed by atoms with Crippen LogP contribution in [0.2, 0.25) is 0 Å². The fourth-order valence-electron chi connectivity index (χ4n) is 2.01. The van der Waals surface area contributed by atoms with Crippen molar-refractivity contribution in [1.29, 1.82) is 0 Å². The number of aliphatic hydroxyl groups excluding tert-OH is 2. The summed E-state index contributed by atoms with van der Waals surface area (Å²) in [6.07, 6.45) is -5.22. The van der Waals surface area contributed by atoms with Crippen LogP contribution in [0.5, 0.6) is 5.75 Å². The minimum Gasteiger partial charge on any atom is -0.494 e. The largest absolute Gasteiger partial charge is 0.494 e. The maximum atomic E-state index is 12.7. The third kappa shape index (κ3) is 4.38. The van der Waals surface area contributed by atoms with E-state index in [0.717, 1.165) is 12.1 Å². The molecule has 6 heteroatoms. The molecule has 0 fully saturated rings. The monoisotopic (exact) mass is 292 g/mol. The quantitative estimate of drug-likeness (QED) is 0.847. The van der Waals surface area contributed by atoms with Crippen LogP contribution in [-0.4, -0.2) is 29.5 Å². The van der Waals surface area contributed by atoms with Gasteiger partial charge in [0.1, 0.15) is 5.75 Å². The zero-order valence-electron chi connectivity index (χ0n) is 11.4. The summed E-state index contributed by atoms with van der Waals surface area (Å²) < 4.78 is 43.6.